The molecule has 0 aromatic carbocycles. The Kier molecular flexibility index (Phi) is 6.52. The van der Waals surface area contributed by atoms with Crippen LogP contribution in [0.2, 0.25) is 0 Å². The van der Waals surface area contributed by atoms with Crippen molar-refractivity contribution < 1.29 is 14.3 Å². The summed E-state index contributed by atoms with van der Waals surface area (Å²) in [6.45, 7) is 5.74. The number of methoxy groups -OCH3 is 1. The van der Waals surface area contributed by atoms with Gasteiger partial charge in [-0.15, -0.1) is 0 Å². The van der Waals surface area contributed by atoms with Crippen LogP contribution in [0.3, 0.4) is 0 Å². The lowest BCUT2D eigenvalue weighted by Gasteiger charge is -2.16. The number of nitrogens with one attached hydrogen (secondary N) is 1. The van der Waals surface area contributed by atoms with Gasteiger partial charge in [0.1, 0.15) is 6.04 Å². The molecule has 0 aliphatic heterocycles. The van der Waals surface area contributed by atoms with Crippen molar-refractivity contribution in [1.82, 2.24) is 5.32 Å². The zero-order valence-corrected chi connectivity index (χ0v) is 11.2. The molecule has 0 aromatic rings. The van der Waals surface area contributed by atoms with Gasteiger partial charge < -0.3 is 14.8 Å². The average molecular weight is 243 g/mol. The quantitative estimate of drug-likeness (QED) is 0.495. The standard InChI is InChI=1S/C13H25NO3/c1-10(2)6-8-17-9-7-12(13(15)16-3)14-11-4-5-11/h10-12,14H,4-9H2,1-3H3. The van der Waals surface area contributed by atoms with Crippen LogP contribution in [0.4, 0.5) is 0 Å². The van der Waals surface area contributed by atoms with E-state index in [1.54, 1.807) is 0 Å². The molecule has 100 valence electrons. The van der Waals surface area contributed by atoms with Gasteiger partial charge in [0.05, 0.1) is 7.11 Å². The molecule has 0 aromatic heterocycles. The highest BCUT2D eigenvalue weighted by atomic mass is 16.5. The third-order valence-electron chi connectivity index (χ3n) is 2.89. The molecule has 1 N–H and O–H groups in total. The van der Waals surface area contributed by atoms with E-state index in [2.05, 4.69) is 19.2 Å². The van der Waals surface area contributed by atoms with E-state index < -0.39 is 0 Å². The summed E-state index contributed by atoms with van der Waals surface area (Å²) in [6, 6.07) is 0.307. The van der Waals surface area contributed by atoms with Gasteiger partial charge in [0.15, 0.2) is 0 Å². The molecule has 1 aliphatic carbocycles. The zero-order valence-electron chi connectivity index (χ0n) is 11.2. The summed E-state index contributed by atoms with van der Waals surface area (Å²) < 4.78 is 10.3. The summed E-state index contributed by atoms with van der Waals surface area (Å²) in [6.07, 6.45) is 4.10. The Morgan fingerprint density at radius 3 is 2.47 bits per heavy atom. The van der Waals surface area contributed by atoms with Gasteiger partial charge in [0.2, 0.25) is 0 Å². The van der Waals surface area contributed by atoms with Gasteiger partial charge in [-0.05, 0) is 31.6 Å². The smallest absolute Gasteiger partial charge is 0.322 e. The number of ether oxygens (including phenoxy) is 2. The van der Waals surface area contributed by atoms with Gasteiger partial charge in [0.25, 0.3) is 0 Å². The van der Waals surface area contributed by atoms with Gasteiger partial charge >= 0.3 is 5.97 Å². The van der Waals surface area contributed by atoms with E-state index >= 15 is 0 Å². The minimum atomic E-state index is -0.202. The van der Waals surface area contributed by atoms with Crippen LogP contribution >= 0.6 is 0 Å². The van der Waals surface area contributed by atoms with Gasteiger partial charge in [-0.25, -0.2) is 0 Å². The predicted octanol–water partition coefficient (Wildman–Crippen LogP) is 1.73. The molecular formula is C13H25NO3. The SMILES string of the molecule is COC(=O)C(CCOCCC(C)C)NC1CC1. The minimum Gasteiger partial charge on any atom is -0.468 e. The third-order valence-corrected chi connectivity index (χ3v) is 2.89. The van der Waals surface area contributed by atoms with Crippen LogP contribution in [0.5, 0.6) is 0 Å². The first-order valence-corrected chi connectivity index (χ1v) is 6.55. The van der Waals surface area contributed by atoms with Crippen LogP contribution in [0.15, 0.2) is 0 Å². The van der Waals surface area contributed by atoms with Crippen molar-refractivity contribution in [1.29, 1.82) is 0 Å². The molecule has 4 nitrogen and oxygen atoms in total. The molecule has 0 radical (unpaired) electrons. The van der Waals surface area contributed by atoms with E-state index in [9.17, 15) is 4.79 Å². The number of rotatable bonds is 9. The lowest BCUT2D eigenvalue weighted by Crippen LogP contribution is -2.39. The predicted molar refractivity (Wildman–Crippen MR) is 66.9 cm³/mol. The molecule has 1 fully saturated rings. The number of hydrogen-bond acceptors (Lipinski definition) is 4. The summed E-state index contributed by atoms with van der Waals surface area (Å²) in [4.78, 5) is 11.5. The van der Waals surface area contributed by atoms with Crippen LogP contribution in [-0.2, 0) is 14.3 Å². The van der Waals surface area contributed by atoms with Gasteiger partial charge in [-0.2, -0.15) is 0 Å². The van der Waals surface area contributed by atoms with Gasteiger partial charge in [-0.3, -0.25) is 4.79 Å². The third kappa shape index (κ3) is 6.64. The number of hydrogen-bond donors (Lipinski definition) is 1. The van der Waals surface area contributed by atoms with Gasteiger partial charge in [0, 0.05) is 19.3 Å². The molecule has 0 amide bonds. The Hall–Kier alpha value is -0.610. The van der Waals surface area contributed by atoms with Crippen LogP contribution in [0.25, 0.3) is 0 Å². The molecule has 4 heteroatoms. The van der Waals surface area contributed by atoms with Crippen molar-refractivity contribution in [2.75, 3.05) is 20.3 Å². The van der Waals surface area contributed by atoms with Crippen molar-refractivity contribution in [2.24, 2.45) is 5.92 Å². The number of carbonyl (C=O) groups is 1. The van der Waals surface area contributed by atoms with Gasteiger partial charge in [-0.1, -0.05) is 13.8 Å². The molecule has 1 saturated carbocycles. The second-order valence-corrected chi connectivity index (χ2v) is 5.10. The van der Waals surface area contributed by atoms with E-state index in [-0.39, 0.29) is 12.0 Å². The monoisotopic (exact) mass is 243 g/mol. The Balaban J connectivity index is 2.12. The Morgan fingerprint density at radius 2 is 1.94 bits per heavy atom. The first-order valence-electron chi connectivity index (χ1n) is 6.55. The highest BCUT2D eigenvalue weighted by Gasteiger charge is 2.28. The summed E-state index contributed by atoms with van der Waals surface area (Å²) >= 11 is 0. The molecule has 0 bridgehead atoms. The molecule has 1 atom stereocenters. The Bertz CT molecular complexity index is 227. The normalized spacial score (nSPS) is 17.2. The lowest BCUT2D eigenvalue weighted by atomic mass is 10.1. The van der Waals surface area contributed by atoms with Crippen molar-refractivity contribution >= 4 is 5.97 Å². The summed E-state index contributed by atoms with van der Waals surface area (Å²) in [5, 5.41) is 3.29. The van der Waals surface area contributed by atoms with Crippen LogP contribution in [0, 0.1) is 5.92 Å². The Labute approximate surface area is 104 Å². The highest BCUT2D eigenvalue weighted by Crippen LogP contribution is 2.20. The van der Waals surface area contributed by atoms with Crippen LogP contribution in [0.1, 0.15) is 39.5 Å². The molecule has 0 heterocycles. The van der Waals surface area contributed by atoms with Crippen LogP contribution < -0.4 is 5.32 Å². The fourth-order valence-electron chi connectivity index (χ4n) is 1.57. The van der Waals surface area contributed by atoms with E-state index in [4.69, 9.17) is 9.47 Å². The van der Waals surface area contributed by atoms with E-state index in [0.29, 0.717) is 25.0 Å². The van der Waals surface area contributed by atoms with E-state index in [1.165, 1.54) is 20.0 Å². The van der Waals surface area contributed by atoms with Crippen LogP contribution in [-0.4, -0.2) is 38.4 Å². The number of esters is 1. The summed E-state index contributed by atoms with van der Waals surface area (Å²) in [5.74, 6) is 0.486. The number of carbonyl (C=O) groups excluding carboxylic acids is 1. The fourth-order valence-corrected chi connectivity index (χ4v) is 1.57. The van der Waals surface area contributed by atoms with Crippen molar-refractivity contribution in [3.05, 3.63) is 0 Å². The zero-order chi connectivity index (χ0) is 12.7. The minimum absolute atomic E-state index is 0.177. The fraction of sp³-hybridized carbons (Fsp3) is 0.923. The van der Waals surface area contributed by atoms with Crippen molar-refractivity contribution in [3.8, 4) is 0 Å². The highest BCUT2D eigenvalue weighted by molar-refractivity contribution is 5.75. The maximum absolute atomic E-state index is 11.5. The maximum Gasteiger partial charge on any atom is 0.322 e. The van der Waals surface area contributed by atoms with Crippen molar-refractivity contribution in [3.63, 3.8) is 0 Å². The average Bonchev–Trinajstić information content (AvgIpc) is 3.09. The molecule has 1 unspecified atom stereocenters. The molecule has 1 rings (SSSR count). The van der Waals surface area contributed by atoms with E-state index in [1.807, 2.05) is 0 Å². The Morgan fingerprint density at radius 1 is 1.29 bits per heavy atom. The molecule has 0 saturated heterocycles. The molecule has 1 aliphatic rings. The first kappa shape index (κ1) is 14.5. The lowest BCUT2D eigenvalue weighted by molar-refractivity contribution is -0.143. The molecular weight excluding hydrogens is 218 g/mol. The molecule has 0 spiro atoms. The largest absolute Gasteiger partial charge is 0.468 e. The summed E-state index contributed by atoms with van der Waals surface area (Å²) in [5.41, 5.74) is 0. The maximum atomic E-state index is 11.5. The second kappa shape index (κ2) is 7.67. The second-order valence-electron chi connectivity index (χ2n) is 5.10. The molecule has 17 heavy (non-hydrogen) atoms. The van der Waals surface area contributed by atoms with E-state index in [0.717, 1.165) is 13.0 Å². The van der Waals surface area contributed by atoms with Crippen molar-refractivity contribution in [2.45, 2.75) is 51.6 Å². The topological polar surface area (TPSA) is 47.6 Å². The first-order chi connectivity index (χ1) is 8.13. The summed E-state index contributed by atoms with van der Waals surface area (Å²) in [7, 11) is 1.43.